The van der Waals surface area contributed by atoms with E-state index < -0.39 is 5.97 Å². The minimum Gasteiger partial charge on any atom is -0.477 e. The van der Waals surface area contributed by atoms with Crippen LogP contribution in [0.4, 0.5) is 0 Å². The zero-order valence-electron chi connectivity index (χ0n) is 10.8. The smallest absolute Gasteiger partial charge is 0.354 e. The van der Waals surface area contributed by atoms with Gasteiger partial charge in [0.2, 0.25) is 0 Å². The van der Waals surface area contributed by atoms with Gasteiger partial charge in [-0.25, -0.2) is 9.78 Å². The van der Waals surface area contributed by atoms with Crippen LogP contribution in [0.25, 0.3) is 0 Å². The molecule has 0 saturated carbocycles. The van der Waals surface area contributed by atoms with Crippen LogP contribution in [0, 0.1) is 0 Å². The molecular weight excluding hydrogens is 246 g/mol. The largest absolute Gasteiger partial charge is 0.477 e. The first-order valence-corrected chi connectivity index (χ1v) is 6.46. The van der Waals surface area contributed by atoms with Crippen LogP contribution < -0.4 is 5.32 Å². The first-order chi connectivity index (χ1) is 9.25. The Balaban J connectivity index is 1.70. The zero-order valence-corrected chi connectivity index (χ0v) is 10.8. The van der Waals surface area contributed by atoms with Crippen LogP contribution in [0.5, 0.6) is 0 Å². The average molecular weight is 265 g/mol. The van der Waals surface area contributed by atoms with Crippen LogP contribution >= 0.6 is 0 Å². The standard InChI is InChI=1S/C13H19N3O3/c17-13(18)12-3-1-2-11(15-12)10-14-4-5-16-6-8-19-9-7-16/h1-3,14H,4-10H2,(H,17,18). The quantitative estimate of drug-likeness (QED) is 0.716. The highest BCUT2D eigenvalue weighted by molar-refractivity contribution is 5.85. The summed E-state index contributed by atoms with van der Waals surface area (Å²) in [5.74, 6) is -0.991. The fraction of sp³-hybridized carbons (Fsp3) is 0.538. The van der Waals surface area contributed by atoms with E-state index >= 15 is 0 Å². The number of morpholine rings is 1. The van der Waals surface area contributed by atoms with Crippen molar-refractivity contribution < 1.29 is 14.6 Å². The number of aromatic nitrogens is 1. The summed E-state index contributed by atoms with van der Waals surface area (Å²) in [5, 5.41) is 12.1. The van der Waals surface area contributed by atoms with Crippen LogP contribution in [-0.2, 0) is 11.3 Å². The molecule has 1 saturated heterocycles. The van der Waals surface area contributed by atoms with E-state index in [4.69, 9.17) is 9.84 Å². The second-order valence-electron chi connectivity index (χ2n) is 4.45. The Morgan fingerprint density at radius 3 is 2.95 bits per heavy atom. The third-order valence-electron chi connectivity index (χ3n) is 3.04. The molecule has 1 fully saturated rings. The van der Waals surface area contributed by atoms with E-state index in [9.17, 15) is 4.79 Å². The Hall–Kier alpha value is -1.50. The van der Waals surface area contributed by atoms with Crippen molar-refractivity contribution in [3.63, 3.8) is 0 Å². The van der Waals surface area contributed by atoms with E-state index in [1.807, 2.05) is 6.07 Å². The van der Waals surface area contributed by atoms with Crippen molar-refractivity contribution in [3.05, 3.63) is 29.6 Å². The maximum Gasteiger partial charge on any atom is 0.354 e. The number of nitrogens with one attached hydrogen (secondary N) is 1. The van der Waals surface area contributed by atoms with Crippen LogP contribution in [0.3, 0.4) is 0 Å². The zero-order chi connectivity index (χ0) is 13.5. The molecule has 0 radical (unpaired) electrons. The Bertz CT molecular complexity index is 419. The van der Waals surface area contributed by atoms with Gasteiger partial charge >= 0.3 is 5.97 Å². The number of hydrogen-bond acceptors (Lipinski definition) is 5. The van der Waals surface area contributed by atoms with E-state index in [0.717, 1.165) is 45.1 Å². The van der Waals surface area contributed by atoms with Crippen molar-refractivity contribution in [2.45, 2.75) is 6.54 Å². The van der Waals surface area contributed by atoms with Gasteiger partial charge in [0, 0.05) is 32.7 Å². The maximum atomic E-state index is 10.8. The number of carboxylic acids is 1. The maximum absolute atomic E-state index is 10.8. The molecule has 0 spiro atoms. The normalized spacial score (nSPS) is 16.4. The van der Waals surface area contributed by atoms with Gasteiger partial charge in [0.15, 0.2) is 0 Å². The lowest BCUT2D eigenvalue weighted by molar-refractivity contribution is 0.0384. The molecule has 0 unspecified atom stereocenters. The number of aromatic carboxylic acids is 1. The number of carbonyl (C=O) groups is 1. The van der Waals surface area contributed by atoms with Gasteiger partial charge in [-0.1, -0.05) is 6.07 Å². The van der Waals surface area contributed by atoms with Crippen molar-refractivity contribution in [2.75, 3.05) is 39.4 Å². The Labute approximate surface area is 112 Å². The van der Waals surface area contributed by atoms with E-state index in [2.05, 4.69) is 15.2 Å². The second-order valence-corrected chi connectivity index (χ2v) is 4.45. The van der Waals surface area contributed by atoms with Crippen LogP contribution in [0.1, 0.15) is 16.2 Å². The van der Waals surface area contributed by atoms with Crippen molar-refractivity contribution in [3.8, 4) is 0 Å². The number of pyridine rings is 1. The fourth-order valence-corrected chi connectivity index (χ4v) is 1.98. The minimum atomic E-state index is -0.991. The summed E-state index contributed by atoms with van der Waals surface area (Å²) in [6, 6.07) is 5.04. The molecule has 104 valence electrons. The number of nitrogens with zero attached hydrogens (tertiary/aromatic N) is 2. The molecule has 2 N–H and O–H groups in total. The van der Waals surface area contributed by atoms with Crippen LogP contribution in [0.2, 0.25) is 0 Å². The van der Waals surface area contributed by atoms with Gasteiger partial charge < -0.3 is 15.2 Å². The van der Waals surface area contributed by atoms with Gasteiger partial charge in [0.25, 0.3) is 0 Å². The minimum absolute atomic E-state index is 0.0903. The number of ether oxygens (including phenoxy) is 1. The highest BCUT2D eigenvalue weighted by Gasteiger charge is 2.09. The fourth-order valence-electron chi connectivity index (χ4n) is 1.98. The molecule has 0 aromatic carbocycles. The highest BCUT2D eigenvalue weighted by Crippen LogP contribution is 1.99. The third-order valence-corrected chi connectivity index (χ3v) is 3.04. The van der Waals surface area contributed by atoms with Crippen LogP contribution in [0.15, 0.2) is 18.2 Å². The lowest BCUT2D eigenvalue weighted by Crippen LogP contribution is -2.40. The summed E-state index contributed by atoms with van der Waals surface area (Å²) in [7, 11) is 0. The van der Waals surface area contributed by atoms with Crippen molar-refractivity contribution in [1.82, 2.24) is 15.2 Å². The monoisotopic (exact) mass is 265 g/mol. The van der Waals surface area contributed by atoms with E-state index in [0.29, 0.717) is 6.54 Å². The molecule has 2 heterocycles. The summed E-state index contributed by atoms with van der Waals surface area (Å²) in [6.45, 7) is 6.00. The predicted molar refractivity (Wildman–Crippen MR) is 70.2 cm³/mol. The summed E-state index contributed by atoms with van der Waals surface area (Å²) >= 11 is 0. The average Bonchev–Trinajstić information content (AvgIpc) is 2.45. The summed E-state index contributed by atoms with van der Waals surface area (Å²) < 4.78 is 5.28. The molecule has 1 aliphatic heterocycles. The summed E-state index contributed by atoms with van der Waals surface area (Å²) in [4.78, 5) is 17.2. The van der Waals surface area contributed by atoms with Crippen molar-refractivity contribution in [2.24, 2.45) is 0 Å². The summed E-state index contributed by atoms with van der Waals surface area (Å²) in [5.41, 5.74) is 0.842. The number of rotatable bonds is 6. The van der Waals surface area contributed by atoms with Crippen molar-refractivity contribution >= 4 is 5.97 Å². The third kappa shape index (κ3) is 4.59. The van der Waals surface area contributed by atoms with Gasteiger partial charge in [0.1, 0.15) is 5.69 Å². The highest BCUT2D eigenvalue weighted by atomic mass is 16.5. The molecule has 0 amide bonds. The molecule has 6 nitrogen and oxygen atoms in total. The molecule has 1 aromatic rings. The molecule has 1 aliphatic rings. The SMILES string of the molecule is O=C(O)c1cccc(CNCCN2CCOCC2)n1. The van der Waals surface area contributed by atoms with E-state index in [1.165, 1.54) is 6.07 Å². The molecular formula is C13H19N3O3. The molecule has 0 atom stereocenters. The van der Waals surface area contributed by atoms with Gasteiger partial charge in [0.05, 0.1) is 18.9 Å². The molecule has 2 rings (SSSR count). The van der Waals surface area contributed by atoms with Gasteiger partial charge in [-0.2, -0.15) is 0 Å². The topological polar surface area (TPSA) is 74.7 Å². The second kappa shape index (κ2) is 7.18. The predicted octanol–water partition coefficient (Wildman–Crippen LogP) is 0.202. The number of carboxylic acid groups (broad SMARTS) is 1. The van der Waals surface area contributed by atoms with Gasteiger partial charge in [-0.3, -0.25) is 4.90 Å². The molecule has 19 heavy (non-hydrogen) atoms. The van der Waals surface area contributed by atoms with Crippen LogP contribution in [-0.4, -0.2) is 60.4 Å². The molecule has 1 aromatic heterocycles. The van der Waals surface area contributed by atoms with Gasteiger partial charge in [-0.15, -0.1) is 0 Å². The lowest BCUT2D eigenvalue weighted by atomic mass is 10.3. The Kier molecular flexibility index (Phi) is 5.26. The first kappa shape index (κ1) is 13.9. The molecule has 0 bridgehead atoms. The van der Waals surface area contributed by atoms with Crippen molar-refractivity contribution in [1.29, 1.82) is 0 Å². The molecule has 6 heteroatoms. The Morgan fingerprint density at radius 2 is 2.21 bits per heavy atom. The van der Waals surface area contributed by atoms with E-state index in [1.54, 1.807) is 6.07 Å². The lowest BCUT2D eigenvalue weighted by Gasteiger charge is -2.26. The first-order valence-electron chi connectivity index (χ1n) is 6.46. The molecule has 0 aliphatic carbocycles. The Morgan fingerprint density at radius 1 is 1.42 bits per heavy atom. The van der Waals surface area contributed by atoms with Gasteiger partial charge in [-0.05, 0) is 12.1 Å². The summed E-state index contributed by atoms with van der Waals surface area (Å²) in [6.07, 6.45) is 0. The number of hydrogen-bond donors (Lipinski definition) is 2. The van der Waals surface area contributed by atoms with E-state index in [-0.39, 0.29) is 5.69 Å².